The van der Waals surface area contributed by atoms with Crippen molar-refractivity contribution in [3.63, 3.8) is 0 Å². The molecule has 2 aromatic heterocycles. The van der Waals surface area contributed by atoms with E-state index in [1.807, 2.05) is 67.6 Å². The van der Waals surface area contributed by atoms with Crippen LogP contribution < -0.4 is 5.56 Å². The van der Waals surface area contributed by atoms with E-state index in [2.05, 4.69) is 5.16 Å². The molecule has 0 unspecified atom stereocenters. The van der Waals surface area contributed by atoms with Crippen molar-refractivity contribution in [1.29, 1.82) is 0 Å². The highest BCUT2D eigenvalue weighted by atomic mass is 16.5. The third-order valence-corrected chi connectivity index (χ3v) is 4.33. The van der Waals surface area contributed by atoms with Crippen molar-refractivity contribution >= 4 is 11.0 Å². The fourth-order valence-corrected chi connectivity index (χ4v) is 3.02. The average Bonchev–Trinajstić information content (AvgIpc) is 3.04. The molecule has 118 valence electrons. The Bertz CT molecular complexity index is 1090. The topological polar surface area (TPSA) is 48.0 Å². The molecule has 4 heteroatoms. The van der Waals surface area contributed by atoms with Gasteiger partial charge in [-0.15, -0.1) is 0 Å². The van der Waals surface area contributed by atoms with E-state index in [9.17, 15) is 4.79 Å². The lowest BCUT2D eigenvalue weighted by atomic mass is 10.0. The number of hydrogen-bond acceptors (Lipinski definition) is 3. The summed E-state index contributed by atoms with van der Waals surface area (Å²) >= 11 is 0. The molecular formula is C20H16N2O2. The fourth-order valence-electron chi connectivity index (χ4n) is 3.02. The zero-order chi connectivity index (χ0) is 16.7. The van der Waals surface area contributed by atoms with E-state index in [1.54, 1.807) is 11.6 Å². The van der Waals surface area contributed by atoms with Gasteiger partial charge in [0, 0.05) is 24.2 Å². The Morgan fingerprint density at radius 3 is 2.46 bits per heavy atom. The third-order valence-electron chi connectivity index (χ3n) is 4.33. The number of aromatic nitrogens is 2. The van der Waals surface area contributed by atoms with Gasteiger partial charge in [0.1, 0.15) is 11.1 Å². The van der Waals surface area contributed by atoms with E-state index < -0.39 is 0 Å². The maximum atomic E-state index is 13.0. The number of pyridine rings is 1. The van der Waals surface area contributed by atoms with E-state index in [0.29, 0.717) is 16.7 Å². The van der Waals surface area contributed by atoms with Crippen LogP contribution in [-0.2, 0) is 7.05 Å². The molecule has 24 heavy (non-hydrogen) atoms. The van der Waals surface area contributed by atoms with Gasteiger partial charge in [-0.2, -0.15) is 0 Å². The number of aryl methyl sites for hydroxylation is 1. The van der Waals surface area contributed by atoms with Crippen molar-refractivity contribution in [3.8, 4) is 22.5 Å². The first-order valence-electron chi connectivity index (χ1n) is 7.77. The molecule has 0 radical (unpaired) electrons. The van der Waals surface area contributed by atoms with Gasteiger partial charge in [-0.25, -0.2) is 0 Å². The van der Waals surface area contributed by atoms with Crippen molar-refractivity contribution in [2.24, 2.45) is 7.05 Å². The number of fused-ring (bicyclic) bond motifs is 1. The Morgan fingerprint density at radius 1 is 1.00 bits per heavy atom. The highest BCUT2D eigenvalue weighted by molar-refractivity contribution is 5.92. The third kappa shape index (κ3) is 2.15. The molecule has 2 heterocycles. The Kier molecular flexibility index (Phi) is 3.31. The monoisotopic (exact) mass is 316 g/mol. The van der Waals surface area contributed by atoms with Crippen molar-refractivity contribution in [3.05, 3.63) is 76.6 Å². The molecule has 0 aliphatic heterocycles. The van der Waals surface area contributed by atoms with Crippen LogP contribution in [-0.4, -0.2) is 9.72 Å². The van der Waals surface area contributed by atoms with E-state index in [0.717, 1.165) is 22.4 Å². The fraction of sp³-hybridized carbons (Fsp3) is 0.100. The zero-order valence-electron chi connectivity index (χ0n) is 13.5. The van der Waals surface area contributed by atoms with Crippen molar-refractivity contribution < 1.29 is 4.52 Å². The molecule has 2 aromatic carbocycles. The van der Waals surface area contributed by atoms with Crippen LogP contribution in [0.1, 0.15) is 5.56 Å². The predicted molar refractivity (Wildman–Crippen MR) is 94.9 cm³/mol. The first-order valence-corrected chi connectivity index (χ1v) is 7.77. The van der Waals surface area contributed by atoms with Gasteiger partial charge in [-0.3, -0.25) is 4.79 Å². The van der Waals surface area contributed by atoms with Gasteiger partial charge in [-0.05, 0) is 12.5 Å². The summed E-state index contributed by atoms with van der Waals surface area (Å²) < 4.78 is 7.14. The van der Waals surface area contributed by atoms with Gasteiger partial charge < -0.3 is 9.09 Å². The Labute approximate surface area is 139 Å². The number of nitrogens with zero attached hydrogens (tertiary/aromatic N) is 2. The van der Waals surface area contributed by atoms with Gasteiger partial charge in [0.15, 0.2) is 5.58 Å². The maximum absolute atomic E-state index is 13.0. The van der Waals surface area contributed by atoms with Gasteiger partial charge in [0.2, 0.25) is 0 Å². The first kappa shape index (κ1) is 14.5. The summed E-state index contributed by atoms with van der Waals surface area (Å²) in [4.78, 5) is 13.0. The van der Waals surface area contributed by atoms with Gasteiger partial charge in [-0.1, -0.05) is 59.8 Å². The average molecular weight is 316 g/mol. The molecule has 0 aliphatic rings. The maximum Gasteiger partial charge on any atom is 0.264 e. The van der Waals surface area contributed by atoms with Crippen LogP contribution in [0.3, 0.4) is 0 Å². The summed E-state index contributed by atoms with van der Waals surface area (Å²) in [6, 6.07) is 19.5. The molecule has 0 saturated carbocycles. The standard InChI is InChI=1S/C20H16N2O2/c1-13-8-6-7-11-15(13)16-12-17-18(20(23)22(16)2)19(21-24-17)14-9-4-3-5-10-14/h3-12H,1-2H3. The molecule has 0 atom stereocenters. The molecule has 0 fully saturated rings. The summed E-state index contributed by atoms with van der Waals surface area (Å²) in [7, 11) is 1.78. The molecule has 0 spiro atoms. The van der Waals surface area contributed by atoms with Crippen LogP contribution in [0.15, 0.2) is 70.0 Å². The summed E-state index contributed by atoms with van der Waals surface area (Å²) in [6.07, 6.45) is 0. The molecule has 0 amide bonds. The molecule has 0 N–H and O–H groups in total. The minimum Gasteiger partial charge on any atom is -0.355 e. The summed E-state index contributed by atoms with van der Waals surface area (Å²) in [5, 5.41) is 4.65. The van der Waals surface area contributed by atoms with Crippen molar-refractivity contribution in [2.45, 2.75) is 6.92 Å². The second kappa shape index (κ2) is 5.49. The van der Waals surface area contributed by atoms with Crippen LogP contribution in [0.4, 0.5) is 0 Å². The summed E-state index contributed by atoms with van der Waals surface area (Å²) in [5.74, 6) is 0. The minimum atomic E-state index is -0.106. The van der Waals surface area contributed by atoms with Crippen molar-refractivity contribution in [1.82, 2.24) is 9.72 Å². The Morgan fingerprint density at radius 2 is 1.71 bits per heavy atom. The lowest BCUT2D eigenvalue weighted by Gasteiger charge is -2.10. The summed E-state index contributed by atoms with van der Waals surface area (Å²) in [6.45, 7) is 2.03. The van der Waals surface area contributed by atoms with Crippen LogP contribution >= 0.6 is 0 Å². The largest absolute Gasteiger partial charge is 0.355 e. The number of benzene rings is 2. The smallest absolute Gasteiger partial charge is 0.264 e. The second-order valence-electron chi connectivity index (χ2n) is 5.85. The van der Waals surface area contributed by atoms with Crippen LogP contribution in [0.5, 0.6) is 0 Å². The molecule has 0 aliphatic carbocycles. The molecule has 0 saturated heterocycles. The lowest BCUT2D eigenvalue weighted by Crippen LogP contribution is -2.18. The highest BCUT2D eigenvalue weighted by Crippen LogP contribution is 2.29. The van der Waals surface area contributed by atoms with E-state index >= 15 is 0 Å². The number of rotatable bonds is 2. The normalized spacial score (nSPS) is 11.1. The van der Waals surface area contributed by atoms with Crippen LogP contribution in [0.25, 0.3) is 33.5 Å². The first-order chi connectivity index (χ1) is 11.7. The molecular weight excluding hydrogens is 300 g/mol. The SMILES string of the molecule is Cc1ccccc1-c1cc2onc(-c3ccccc3)c2c(=O)n1C. The number of hydrogen-bond donors (Lipinski definition) is 0. The zero-order valence-corrected chi connectivity index (χ0v) is 13.5. The van der Waals surface area contributed by atoms with Gasteiger partial charge in [0.05, 0.1) is 5.69 Å². The van der Waals surface area contributed by atoms with E-state index in [1.165, 1.54) is 0 Å². The Hall–Kier alpha value is -3.14. The van der Waals surface area contributed by atoms with Gasteiger partial charge >= 0.3 is 0 Å². The summed E-state index contributed by atoms with van der Waals surface area (Å²) in [5.41, 5.74) is 4.80. The second-order valence-corrected chi connectivity index (χ2v) is 5.85. The van der Waals surface area contributed by atoms with Crippen LogP contribution in [0, 0.1) is 6.92 Å². The molecule has 4 nitrogen and oxygen atoms in total. The Balaban J connectivity index is 2.02. The van der Waals surface area contributed by atoms with Crippen LogP contribution in [0.2, 0.25) is 0 Å². The quantitative estimate of drug-likeness (QED) is 0.557. The molecule has 4 rings (SSSR count). The van der Waals surface area contributed by atoms with Gasteiger partial charge in [0.25, 0.3) is 5.56 Å². The predicted octanol–water partition coefficient (Wildman–Crippen LogP) is 4.17. The van der Waals surface area contributed by atoms with Crippen molar-refractivity contribution in [2.75, 3.05) is 0 Å². The molecule has 4 aromatic rings. The minimum absolute atomic E-state index is 0.106. The molecule has 0 bridgehead atoms. The van der Waals surface area contributed by atoms with E-state index in [-0.39, 0.29) is 5.56 Å². The lowest BCUT2D eigenvalue weighted by molar-refractivity contribution is 0.459. The highest BCUT2D eigenvalue weighted by Gasteiger charge is 2.18. The van der Waals surface area contributed by atoms with E-state index in [4.69, 9.17) is 4.52 Å².